The molecule has 1 aromatic rings. The minimum Gasteiger partial charge on any atom is -0.491 e. The number of ether oxygens (including phenoxy) is 1. The quantitative estimate of drug-likeness (QED) is 0.643. The lowest BCUT2D eigenvalue weighted by Gasteiger charge is -2.39. The van der Waals surface area contributed by atoms with Gasteiger partial charge >= 0.3 is 0 Å². The number of likely N-dealkylation sites (tertiary alicyclic amines) is 1. The van der Waals surface area contributed by atoms with Crippen LogP contribution in [0.3, 0.4) is 0 Å². The Morgan fingerprint density at radius 3 is 2.83 bits per heavy atom. The van der Waals surface area contributed by atoms with Gasteiger partial charge in [0, 0.05) is 42.8 Å². The van der Waals surface area contributed by atoms with Gasteiger partial charge in [-0.25, -0.2) is 0 Å². The van der Waals surface area contributed by atoms with E-state index in [-0.39, 0.29) is 28.7 Å². The first kappa shape index (κ1) is 17.7. The van der Waals surface area contributed by atoms with Gasteiger partial charge in [-0.05, 0) is 39.3 Å². The molecular formula is C17H26N2O4. The first-order valence-electron chi connectivity index (χ1n) is 8.10. The number of nitro groups is 1. The zero-order valence-corrected chi connectivity index (χ0v) is 14.1. The lowest BCUT2D eigenvalue weighted by Crippen LogP contribution is -2.43. The molecule has 0 aliphatic carbocycles. The summed E-state index contributed by atoms with van der Waals surface area (Å²) in [5, 5.41) is 20.6. The van der Waals surface area contributed by atoms with Crippen molar-refractivity contribution < 1.29 is 14.8 Å². The second kappa shape index (κ2) is 7.27. The van der Waals surface area contributed by atoms with Gasteiger partial charge in [0.15, 0.2) is 0 Å². The number of hydrogen-bond donors (Lipinski definition) is 1. The predicted octanol–water partition coefficient (Wildman–Crippen LogP) is 2.98. The van der Waals surface area contributed by atoms with Gasteiger partial charge in [0.2, 0.25) is 0 Å². The van der Waals surface area contributed by atoms with Crippen molar-refractivity contribution in [2.24, 2.45) is 5.41 Å². The zero-order chi connectivity index (χ0) is 17.0. The first-order chi connectivity index (χ1) is 10.8. The van der Waals surface area contributed by atoms with Crippen molar-refractivity contribution in [1.29, 1.82) is 0 Å². The van der Waals surface area contributed by atoms with E-state index in [1.54, 1.807) is 12.1 Å². The van der Waals surface area contributed by atoms with E-state index in [0.717, 1.165) is 31.5 Å². The van der Waals surface area contributed by atoms with Crippen molar-refractivity contribution >= 4 is 5.69 Å². The highest BCUT2D eigenvalue weighted by Gasteiger charge is 2.30. The Morgan fingerprint density at radius 2 is 2.22 bits per heavy atom. The third-order valence-electron chi connectivity index (χ3n) is 4.25. The molecule has 1 saturated heterocycles. The highest BCUT2D eigenvalue weighted by Crippen LogP contribution is 2.32. The van der Waals surface area contributed by atoms with Gasteiger partial charge in [0.25, 0.3) is 5.69 Å². The predicted molar refractivity (Wildman–Crippen MR) is 88.6 cm³/mol. The van der Waals surface area contributed by atoms with E-state index in [4.69, 9.17) is 4.74 Å². The second-order valence-corrected chi connectivity index (χ2v) is 7.00. The summed E-state index contributed by atoms with van der Waals surface area (Å²) in [7, 11) is 0. The highest BCUT2D eigenvalue weighted by molar-refractivity contribution is 5.44. The fourth-order valence-corrected chi connectivity index (χ4v) is 3.10. The molecule has 0 bridgehead atoms. The summed E-state index contributed by atoms with van der Waals surface area (Å²) in [6.07, 6.45) is 2.04. The number of nitro benzene ring substituents is 1. The van der Waals surface area contributed by atoms with Crippen LogP contribution in [-0.4, -0.2) is 40.7 Å². The number of aliphatic hydroxyl groups excluding tert-OH is 1. The number of nitrogens with zero attached hydrogens (tertiary/aromatic N) is 2. The molecule has 1 atom stereocenters. The van der Waals surface area contributed by atoms with Crippen molar-refractivity contribution in [3.63, 3.8) is 0 Å². The number of benzene rings is 1. The molecule has 1 unspecified atom stereocenters. The minimum absolute atomic E-state index is 0.0132. The van der Waals surface area contributed by atoms with Gasteiger partial charge in [-0.3, -0.25) is 15.0 Å². The van der Waals surface area contributed by atoms with Gasteiger partial charge < -0.3 is 9.84 Å². The van der Waals surface area contributed by atoms with E-state index in [1.807, 2.05) is 13.8 Å². The average Bonchev–Trinajstić information content (AvgIpc) is 2.48. The first-order valence-corrected chi connectivity index (χ1v) is 8.10. The van der Waals surface area contributed by atoms with Crippen LogP contribution in [0.5, 0.6) is 5.75 Å². The summed E-state index contributed by atoms with van der Waals surface area (Å²) in [6, 6.07) is 4.76. The van der Waals surface area contributed by atoms with Crippen LogP contribution < -0.4 is 4.74 Å². The van der Waals surface area contributed by atoms with Crippen molar-refractivity contribution in [1.82, 2.24) is 4.90 Å². The van der Waals surface area contributed by atoms with Crippen molar-refractivity contribution in [3.8, 4) is 5.75 Å². The lowest BCUT2D eigenvalue weighted by atomic mass is 9.82. The lowest BCUT2D eigenvalue weighted by molar-refractivity contribution is -0.385. The SMILES string of the molecule is CC(C)Oc1ccc([N+](=O)[O-])cc1CN1CCCC(C)(CO)C1. The molecule has 0 spiro atoms. The third kappa shape index (κ3) is 4.65. The molecule has 0 aromatic heterocycles. The number of rotatable bonds is 6. The molecule has 6 nitrogen and oxygen atoms in total. The number of hydrogen-bond acceptors (Lipinski definition) is 5. The summed E-state index contributed by atoms with van der Waals surface area (Å²) < 4.78 is 5.80. The highest BCUT2D eigenvalue weighted by atomic mass is 16.6. The Balaban J connectivity index is 2.22. The number of non-ortho nitro benzene ring substituents is 1. The van der Waals surface area contributed by atoms with Crippen molar-refractivity contribution in [2.75, 3.05) is 19.7 Å². The molecule has 128 valence electrons. The molecule has 0 amide bonds. The van der Waals surface area contributed by atoms with E-state index in [1.165, 1.54) is 6.07 Å². The molecule has 0 saturated carbocycles. The minimum atomic E-state index is -0.378. The molecule has 23 heavy (non-hydrogen) atoms. The molecule has 0 radical (unpaired) electrons. The molecule has 1 aliphatic rings. The van der Waals surface area contributed by atoms with Gasteiger partial charge in [-0.2, -0.15) is 0 Å². The van der Waals surface area contributed by atoms with Crippen LogP contribution in [0.15, 0.2) is 18.2 Å². The number of aliphatic hydroxyl groups is 1. The monoisotopic (exact) mass is 322 g/mol. The maximum atomic E-state index is 11.0. The summed E-state index contributed by atoms with van der Waals surface area (Å²) >= 11 is 0. The van der Waals surface area contributed by atoms with Crippen LogP contribution in [0.2, 0.25) is 0 Å². The van der Waals surface area contributed by atoms with Gasteiger partial charge in [0.05, 0.1) is 11.0 Å². The van der Waals surface area contributed by atoms with E-state index >= 15 is 0 Å². The van der Waals surface area contributed by atoms with Crippen LogP contribution in [0.25, 0.3) is 0 Å². The summed E-state index contributed by atoms with van der Waals surface area (Å²) in [4.78, 5) is 12.9. The normalized spacial score (nSPS) is 22.3. The van der Waals surface area contributed by atoms with Crippen LogP contribution in [0, 0.1) is 15.5 Å². The van der Waals surface area contributed by atoms with Crippen molar-refractivity contribution in [2.45, 2.75) is 46.3 Å². The fraction of sp³-hybridized carbons (Fsp3) is 0.647. The van der Waals surface area contributed by atoms with E-state index < -0.39 is 0 Å². The van der Waals surface area contributed by atoms with Crippen LogP contribution >= 0.6 is 0 Å². The van der Waals surface area contributed by atoms with E-state index in [9.17, 15) is 15.2 Å². The molecule has 1 heterocycles. The van der Waals surface area contributed by atoms with E-state index in [2.05, 4.69) is 11.8 Å². The van der Waals surface area contributed by atoms with Crippen LogP contribution in [0.1, 0.15) is 39.2 Å². The second-order valence-electron chi connectivity index (χ2n) is 7.00. The Morgan fingerprint density at radius 1 is 1.48 bits per heavy atom. The molecule has 1 aliphatic heterocycles. The zero-order valence-electron chi connectivity index (χ0n) is 14.1. The Labute approximate surface area is 137 Å². The average molecular weight is 322 g/mol. The van der Waals surface area contributed by atoms with Gasteiger partial charge in [-0.15, -0.1) is 0 Å². The molecule has 6 heteroatoms. The summed E-state index contributed by atoms with van der Waals surface area (Å²) in [5.41, 5.74) is 0.811. The van der Waals surface area contributed by atoms with Crippen LogP contribution in [0.4, 0.5) is 5.69 Å². The maximum Gasteiger partial charge on any atom is 0.270 e. The summed E-state index contributed by atoms with van der Waals surface area (Å²) in [6.45, 7) is 8.43. The molecule has 2 rings (SSSR count). The topological polar surface area (TPSA) is 75.8 Å². The van der Waals surface area contributed by atoms with E-state index in [0.29, 0.717) is 12.3 Å². The Bertz CT molecular complexity index is 562. The van der Waals surface area contributed by atoms with Crippen molar-refractivity contribution in [3.05, 3.63) is 33.9 Å². The molecule has 1 N–H and O–H groups in total. The molecular weight excluding hydrogens is 296 g/mol. The molecule has 1 aromatic carbocycles. The molecule has 1 fully saturated rings. The third-order valence-corrected chi connectivity index (χ3v) is 4.25. The maximum absolute atomic E-state index is 11.0. The van der Waals surface area contributed by atoms with Crippen LogP contribution in [-0.2, 0) is 6.54 Å². The standard InChI is InChI=1S/C17H26N2O4/c1-13(2)23-16-6-5-15(19(21)22)9-14(16)10-18-8-4-7-17(3,11-18)12-20/h5-6,9,13,20H,4,7-8,10-12H2,1-3H3. The number of piperidine rings is 1. The van der Waals surface area contributed by atoms with Gasteiger partial charge in [0.1, 0.15) is 5.75 Å². The smallest absolute Gasteiger partial charge is 0.270 e. The van der Waals surface area contributed by atoms with Gasteiger partial charge in [-0.1, -0.05) is 6.92 Å². The fourth-order valence-electron chi connectivity index (χ4n) is 3.10. The summed E-state index contributed by atoms with van der Waals surface area (Å²) in [5.74, 6) is 0.696. The Kier molecular flexibility index (Phi) is 5.59. The largest absolute Gasteiger partial charge is 0.491 e. The Hall–Kier alpha value is -1.66.